The molecule has 0 aromatic heterocycles. The third-order valence-corrected chi connectivity index (χ3v) is 3.51. The third kappa shape index (κ3) is 2.97. The number of hydrogen-bond acceptors (Lipinski definition) is 1. The second-order valence-corrected chi connectivity index (χ2v) is 4.89. The maximum absolute atomic E-state index is 13.1. The van der Waals surface area contributed by atoms with Crippen molar-refractivity contribution in [3.8, 4) is 0 Å². The molecule has 0 radical (unpaired) electrons. The highest BCUT2D eigenvalue weighted by atomic mass is 35.5. The van der Waals surface area contributed by atoms with E-state index in [9.17, 15) is 9.18 Å². The van der Waals surface area contributed by atoms with E-state index in [1.165, 1.54) is 12.1 Å². The zero-order valence-corrected chi connectivity index (χ0v) is 10.3. The Hall–Kier alpha value is -1.09. The second-order valence-electron chi connectivity index (χ2n) is 4.62. The molecule has 1 amide bonds. The van der Waals surface area contributed by atoms with E-state index in [1.807, 2.05) is 6.07 Å². The topological polar surface area (TPSA) is 29.1 Å². The van der Waals surface area contributed by atoms with Crippen LogP contribution in [0.15, 0.2) is 24.3 Å². The number of alkyl halides is 1. The van der Waals surface area contributed by atoms with Crippen LogP contribution < -0.4 is 5.32 Å². The molecule has 4 heteroatoms. The number of halogens is 2. The molecule has 2 nitrogen and oxygen atoms in total. The molecule has 2 rings (SSSR count). The van der Waals surface area contributed by atoms with Crippen molar-refractivity contribution < 1.29 is 9.18 Å². The molecule has 1 N–H and O–H groups in total. The molecule has 1 aromatic rings. The molecule has 0 aliphatic heterocycles. The quantitative estimate of drug-likeness (QED) is 0.824. The fourth-order valence-electron chi connectivity index (χ4n) is 2.32. The van der Waals surface area contributed by atoms with Crippen molar-refractivity contribution in [1.29, 1.82) is 0 Å². The van der Waals surface area contributed by atoms with Crippen LogP contribution in [0.2, 0.25) is 0 Å². The van der Waals surface area contributed by atoms with E-state index >= 15 is 0 Å². The Bertz CT molecular complexity index is 418. The zero-order valence-electron chi connectivity index (χ0n) is 9.51. The van der Waals surface area contributed by atoms with E-state index in [4.69, 9.17) is 11.6 Å². The second kappa shape index (κ2) is 5.05. The van der Waals surface area contributed by atoms with Crippen molar-refractivity contribution in [1.82, 2.24) is 5.32 Å². The molecule has 0 bridgehead atoms. The predicted octanol–water partition coefficient (Wildman–Crippen LogP) is 2.65. The molecule has 0 spiro atoms. The molecule has 0 unspecified atom stereocenters. The summed E-state index contributed by atoms with van der Waals surface area (Å²) in [6, 6.07) is 6.53. The molecule has 1 fully saturated rings. The Morgan fingerprint density at radius 1 is 1.47 bits per heavy atom. The van der Waals surface area contributed by atoms with Crippen LogP contribution in [0.1, 0.15) is 24.8 Å². The van der Waals surface area contributed by atoms with Gasteiger partial charge in [0.2, 0.25) is 5.91 Å². The van der Waals surface area contributed by atoms with Crippen LogP contribution in [0.4, 0.5) is 4.39 Å². The Morgan fingerprint density at radius 3 is 2.76 bits per heavy atom. The average Bonchev–Trinajstić information content (AvgIpc) is 2.26. The number of carbonyl (C=O) groups is 1. The standard InChI is InChI=1S/C13H15ClFNO/c14-9-12(17)16-13(5-2-6-13)8-10-3-1-4-11(15)7-10/h1,3-4,7H,2,5-6,8-9H2,(H,16,17). The molecule has 92 valence electrons. The smallest absolute Gasteiger partial charge is 0.235 e. The summed E-state index contributed by atoms with van der Waals surface area (Å²) in [5, 5.41) is 2.95. The summed E-state index contributed by atoms with van der Waals surface area (Å²) in [6.45, 7) is 0. The molecule has 1 aliphatic carbocycles. The summed E-state index contributed by atoms with van der Waals surface area (Å²) >= 11 is 5.50. The monoisotopic (exact) mass is 255 g/mol. The SMILES string of the molecule is O=C(CCl)NC1(Cc2cccc(F)c2)CCC1. The van der Waals surface area contributed by atoms with Gasteiger partial charge >= 0.3 is 0 Å². The highest BCUT2D eigenvalue weighted by Crippen LogP contribution is 2.35. The van der Waals surface area contributed by atoms with Crippen molar-refractivity contribution >= 4 is 17.5 Å². The Kier molecular flexibility index (Phi) is 3.67. The van der Waals surface area contributed by atoms with Crippen LogP contribution in [-0.2, 0) is 11.2 Å². The first kappa shape index (κ1) is 12.4. The van der Waals surface area contributed by atoms with Gasteiger partial charge in [-0.25, -0.2) is 4.39 Å². The van der Waals surface area contributed by atoms with E-state index < -0.39 is 0 Å². The van der Waals surface area contributed by atoms with Gasteiger partial charge in [-0.05, 0) is 43.4 Å². The van der Waals surface area contributed by atoms with Gasteiger partial charge in [0, 0.05) is 5.54 Å². The number of nitrogens with one attached hydrogen (secondary N) is 1. The first-order valence-corrected chi connectivity index (χ1v) is 6.28. The van der Waals surface area contributed by atoms with Crippen molar-refractivity contribution in [2.24, 2.45) is 0 Å². The molecular weight excluding hydrogens is 241 g/mol. The Labute approximate surface area is 105 Å². The molecule has 17 heavy (non-hydrogen) atoms. The minimum Gasteiger partial charge on any atom is -0.349 e. The Balaban J connectivity index is 2.06. The van der Waals surface area contributed by atoms with Gasteiger partial charge in [-0.2, -0.15) is 0 Å². The van der Waals surface area contributed by atoms with Gasteiger partial charge in [-0.15, -0.1) is 11.6 Å². The van der Waals surface area contributed by atoms with E-state index in [-0.39, 0.29) is 23.1 Å². The lowest BCUT2D eigenvalue weighted by Gasteiger charge is -2.42. The van der Waals surface area contributed by atoms with Crippen LogP contribution in [0.25, 0.3) is 0 Å². The van der Waals surface area contributed by atoms with Crippen molar-refractivity contribution in [3.05, 3.63) is 35.6 Å². The number of carbonyl (C=O) groups excluding carboxylic acids is 1. The zero-order chi connectivity index (χ0) is 12.3. The van der Waals surface area contributed by atoms with Crippen LogP contribution in [0.5, 0.6) is 0 Å². The molecule has 1 saturated carbocycles. The lowest BCUT2D eigenvalue weighted by atomic mass is 9.72. The average molecular weight is 256 g/mol. The highest BCUT2D eigenvalue weighted by molar-refractivity contribution is 6.27. The summed E-state index contributed by atoms with van der Waals surface area (Å²) in [6.07, 6.45) is 3.64. The van der Waals surface area contributed by atoms with E-state index in [1.54, 1.807) is 6.07 Å². The van der Waals surface area contributed by atoms with E-state index in [0.29, 0.717) is 6.42 Å². The molecule has 0 atom stereocenters. The first-order chi connectivity index (χ1) is 8.13. The maximum Gasteiger partial charge on any atom is 0.235 e. The number of benzene rings is 1. The number of amides is 1. The third-order valence-electron chi connectivity index (χ3n) is 3.27. The maximum atomic E-state index is 13.1. The lowest BCUT2D eigenvalue weighted by molar-refractivity contribution is -0.121. The molecule has 1 aromatic carbocycles. The van der Waals surface area contributed by atoms with Gasteiger partial charge in [-0.1, -0.05) is 12.1 Å². The van der Waals surface area contributed by atoms with Crippen molar-refractivity contribution in [3.63, 3.8) is 0 Å². The van der Waals surface area contributed by atoms with Gasteiger partial charge in [0.05, 0.1) is 0 Å². The van der Waals surface area contributed by atoms with Crippen LogP contribution in [-0.4, -0.2) is 17.3 Å². The normalized spacial score (nSPS) is 17.3. The van der Waals surface area contributed by atoms with Gasteiger partial charge in [0.25, 0.3) is 0 Å². The van der Waals surface area contributed by atoms with Gasteiger partial charge in [-0.3, -0.25) is 4.79 Å². The van der Waals surface area contributed by atoms with Gasteiger partial charge in [0.1, 0.15) is 11.7 Å². The molecule has 0 saturated heterocycles. The summed E-state index contributed by atoms with van der Waals surface area (Å²) in [7, 11) is 0. The molecular formula is C13H15ClFNO. The predicted molar refractivity (Wildman–Crippen MR) is 65.5 cm³/mol. The minimum atomic E-state index is -0.236. The van der Waals surface area contributed by atoms with Crippen LogP contribution >= 0.6 is 11.6 Å². The fraction of sp³-hybridized carbons (Fsp3) is 0.462. The van der Waals surface area contributed by atoms with E-state index in [0.717, 1.165) is 24.8 Å². The van der Waals surface area contributed by atoms with E-state index in [2.05, 4.69) is 5.32 Å². The summed E-state index contributed by atoms with van der Waals surface area (Å²) < 4.78 is 13.1. The summed E-state index contributed by atoms with van der Waals surface area (Å²) in [4.78, 5) is 11.4. The summed E-state index contributed by atoms with van der Waals surface area (Å²) in [5.74, 6) is -0.409. The van der Waals surface area contributed by atoms with Gasteiger partial charge < -0.3 is 5.32 Å². The summed E-state index contributed by atoms with van der Waals surface area (Å²) in [5.41, 5.74) is 0.708. The van der Waals surface area contributed by atoms with Gasteiger partial charge in [0.15, 0.2) is 0 Å². The van der Waals surface area contributed by atoms with Crippen LogP contribution in [0.3, 0.4) is 0 Å². The molecule has 1 aliphatic rings. The number of rotatable bonds is 4. The van der Waals surface area contributed by atoms with Crippen LogP contribution in [0, 0.1) is 5.82 Å². The minimum absolute atomic E-state index is 0.0229. The highest BCUT2D eigenvalue weighted by Gasteiger charge is 2.38. The van der Waals surface area contributed by atoms with Crippen molar-refractivity contribution in [2.45, 2.75) is 31.2 Å². The molecule has 0 heterocycles. The number of hydrogen-bond donors (Lipinski definition) is 1. The lowest BCUT2D eigenvalue weighted by Crippen LogP contribution is -2.55. The first-order valence-electron chi connectivity index (χ1n) is 5.75. The van der Waals surface area contributed by atoms with Crippen molar-refractivity contribution in [2.75, 3.05) is 5.88 Å². The largest absolute Gasteiger partial charge is 0.349 e. The Morgan fingerprint density at radius 2 is 2.24 bits per heavy atom. The fourth-order valence-corrected chi connectivity index (χ4v) is 2.38.